The van der Waals surface area contributed by atoms with Crippen LogP contribution in [-0.4, -0.2) is 57.5 Å². The second-order valence-corrected chi connectivity index (χ2v) is 6.65. The van der Waals surface area contributed by atoms with Crippen LogP contribution < -0.4 is 4.90 Å². The number of pyridine rings is 1. The van der Waals surface area contributed by atoms with Crippen LogP contribution in [0, 0.1) is 6.92 Å². The molecule has 0 aliphatic carbocycles. The Morgan fingerprint density at radius 2 is 1.88 bits per heavy atom. The van der Waals surface area contributed by atoms with Gasteiger partial charge < -0.3 is 10.0 Å². The predicted molar refractivity (Wildman–Crippen MR) is 95.7 cm³/mol. The number of imide groups is 1. The minimum atomic E-state index is -0.497. The zero-order valence-electron chi connectivity index (χ0n) is 14.5. The van der Waals surface area contributed by atoms with Crippen LogP contribution in [0.3, 0.4) is 0 Å². The molecule has 1 N–H and O–H groups in total. The number of aromatic nitrogens is 1. The summed E-state index contributed by atoms with van der Waals surface area (Å²) in [5.41, 5.74) is 2.02. The van der Waals surface area contributed by atoms with Gasteiger partial charge in [-0.2, -0.15) is 0 Å². The quantitative estimate of drug-likeness (QED) is 0.852. The third-order valence-electron chi connectivity index (χ3n) is 4.88. The van der Waals surface area contributed by atoms with Crippen molar-refractivity contribution in [3.63, 3.8) is 0 Å². The first-order valence-corrected chi connectivity index (χ1v) is 8.62. The number of hydrogen-bond donors (Lipinski definition) is 1. The number of hydrogen-bond acceptors (Lipinski definition) is 5. The Morgan fingerprint density at radius 1 is 1.12 bits per heavy atom. The van der Waals surface area contributed by atoms with Crippen LogP contribution in [0.25, 0.3) is 0 Å². The Morgan fingerprint density at radius 3 is 2.65 bits per heavy atom. The van der Waals surface area contributed by atoms with E-state index in [0.29, 0.717) is 37.6 Å². The minimum absolute atomic E-state index is 0.151. The molecule has 2 saturated heterocycles. The van der Waals surface area contributed by atoms with Crippen molar-refractivity contribution < 1.29 is 14.7 Å². The zero-order valence-corrected chi connectivity index (χ0v) is 14.5. The van der Waals surface area contributed by atoms with Crippen LogP contribution in [0.1, 0.15) is 11.4 Å². The highest BCUT2D eigenvalue weighted by molar-refractivity contribution is 6.21. The lowest BCUT2D eigenvalue weighted by Crippen LogP contribution is -2.52. The standard InChI is InChI=1S/C19H20N4O3/c1-13-7-8-17(24)15(20-13)11-21-9-10-22-16(12-21)18(25)23(19(22)26)14-5-3-2-4-6-14/h2-8,16,24H,9-12H2,1H3. The number of para-hydroxylation sites is 1. The van der Waals surface area contributed by atoms with Crippen LogP contribution >= 0.6 is 0 Å². The molecule has 1 atom stereocenters. The van der Waals surface area contributed by atoms with Crippen molar-refractivity contribution in [3.05, 3.63) is 53.9 Å². The Kier molecular flexibility index (Phi) is 4.08. The average molecular weight is 352 g/mol. The number of rotatable bonds is 3. The lowest BCUT2D eigenvalue weighted by Gasteiger charge is -2.35. The highest BCUT2D eigenvalue weighted by Crippen LogP contribution is 2.28. The van der Waals surface area contributed by atoms with E-state index in [0.717, 1.165) is 5.69 Å². The molecular weight excluding hydrogens is 332 g/mol. The lowest BCUT2D eigenvalue weighted by molar-refractivity contribution is -0.121. The van der Waals surface area contributed by atoms with E-state index in [9.17, 15) is 14.7 Å². The van der Waals surface area contributed by atoms with Crippen molar-refractivity contribution >= 4 is 17.6 Å². The van der Waals surface area contributed by atoms with Crippen LogP contribution in [0.15, 0.2) is 42.5 Å². The van der Waals surface area contributed by atoms with Gasteiger partial charge in [-0.1, -0.05) is 18.2 Å². The Bertz CT molecular complexity index is 855. The average Bonchev–Trinajstić information content (AvgIpc) is 2.89. The smallest absolute Gasteiger partial charge is 0.332 e. The molecular formula is C19H20N4O3. The summed E-state index contributed by atoms with van der Waals surface area (Å²) in [4.78, 5) is 34.8. The highest BCUT2D eigenvalue weighted by Gasteiger charge is 2.48. The molecule has 26 heavy (non-hydrogen) atoms. The maximum Gasteiger partial charge on any atom is 0.332 e. The van der Waals surface area contributed by atoms with Crippen molar-refractivity contribution in [3.8, 4) is 5.75 Å². The molecule has 2 fully saturated rings. The number of aromatic hydroxyl groups is 1. The summed E-state index contributed by atoms with van der Waals surface area (Å²) in [6.45, 7) is 3.86. The van der Waals surface area contributed by atoms with E-state index in [1.807, 2.05) is 25.1 Å². The molecule has 2 aliphatic rings. The normalized spacial score (nSPS) is 20.6. The highest BCUT2D eigenvalue weighted by atomic mass is 16.3. The number of nitrogens with zero attached hydrogens (tertiary/aromatic N) is 4. The summed E-state index contributed by atoms with van der Waals surface area (Å²) < 4.78 is 0. The van der Waals surface area contributed by atoms with E-state index < -0.39 is 6.04 Å². The van der Waals surface area contributed by atoms with Crippen molar-refractivity contribution in [1.82, 2.24) is 14.8 Å². The summed E-state index contributed by atoms with van der Waals surface area (Å²) >= 11 is 0. The first kappa shape index (κ1) is 16.5. The largest absolute Gasteiger partial charge is 0.506 e. The van der Waals surface area contributed by atoms with Gasteiger partial charge in [0.1, 0.15) is 11.8 Å². The molecule has 0 spiro atoms. The van der Waals surface area contributed by atoms with Gasteiger partial charge in [0.2, 0.25) is 0 Å². The molecule has 1 aromatic heterocycles. The van der Waals surface area contributed by atoms with E-state index in [4.69, 9.17) is 0 Å². The fourth-order valence-corrected chi connectivity index (χ4v) is 3.54. The van der Waals surface area contributed by atoms with Crippen LogP contribution in [0.5, 0.6) is 5.75 Å². The predicted octanol–water partition coefficient (Wildman–Crippen LogP) is 1.75. The minimum Gasteiger partial charge on any atom is -0.506 e. The summed E-state index contributed by atoms with van der Waals surface area (Å²) in [6.07, 6.45) is 0. The first-order valence-electron chi connectivity index (χ1n) is 8.62. The number of anilines is 1. The van der Waals surface area contributed by atoms with Crippen molar-refractivity contribution in [2.45, 2.75) is 19.5 Å². The summed E-state index contributed by atoms with van der Waals surface area (Å²) in [5.74, 6) is -0.0508. The third-order valence-corrected chi connectivity index (χ3v) is 4.88. The Balaban J connectivity index is 1.53. The lowest BCUT2D eigenvalue weighted by atomic mass is 10.1. The number of amides is 3. The number of carbonyl (C=O) groups is 2. The second-order valence-electron chi connectivity index (χ2n) is 6.65. The first-order chi connectivity index (χ1) is 12.5. The van der Waals surface area contributed by atoms with E-state index >= 15 is 0 Å². The Hall–Kier alpha value is -2.93. The van der Waals surface area contributed by atoms with Crippen LogP contribution in [0.2, 0.25) is 0 Å². The maximum atomic E-state index is 12.8. The van der Waals surface area contributed by atoms with E-state index in [-0.39, 0.29) is 17.7 Å². The molecule has 1 aromatic carbocycles. The molecule has 0 bridgehead atoms. The van der Waals surface area contributed by atoms with Crippen molar-refractivity contribution in [1.29, 1.82) is 0 Å². The van der Waals surface area contributed by atoms with Crippen molar-refractivity contribution in [2.75, 3.05) is 24.5 Å². The third kappa shape index (κ3) is 2.80. The topological polar surface area (TPSA) is 77.0 Å². The fourth-order valence-electron chi connectivity index (χ4n) is 3.54. The zero-order chi connectivity index (χ0) is 18.3. The summed E-state index contributed by atoms with van der Waals surface area (Å²) in [5, 5.41) is 10.0. The maximum absolute atomic E-state index is 12.8. The number of fused-ring (bicyclic) bond motifs is 1. The van der Waals surface area contributed by atoms with Gasteiger partial charge in [-0.25, -0.2) is 9.69 Å². The second kappa shape index (κ2) is 6.42. The SMILES string of the molecule is Cc1ccc(O)c(CN2CCN3C(=O)N(c4ccccc4)C(=O)C3C2)n1. The molecule has 134 valence electrons. The molecule has 0 saturated carbocycles. The molecule has 3 amide bonds. The molecule has 7 nitrogen and oxygen atoms in total. The van der Waals surface area contributed by atoms with E-state index in [1.165, 1.54) is 4.90 Å². The van der Waals surface area contributed by atoms with Crippen LogP contribution in [-0.2, 0) is 11.3 Å². The van der Waals surface area contributed by atoms with Gasteiger partial charge in [-0.05, 0) is 31.2 Å². The van der Waals surface area contributed by atoms with Crippen molar-refractivity contribution in [2.24, 2.45) is 0 Å². The molecule has 3 heterocycles. The number of urea groups is 1. The van der Waals surface area contributed by atoms with Gasteiger partial charge >= 0.3 is 6.03 Å². The molecule has 4 rings (SSSR count). The van der Waals surface area contributed by atoms with Gasteiger partial charge in [-0.15, -0.1) is 0 Å². The van der Waals surface area contributed by atoms with E-state index in [2.05, 4.69) is 9.88 Å². The monoisotopic (exact) mass is 352 g/mol. The molecule has 1 unspecified atom stereocenters. The van der Waals surface area contributed by atoms with Gasteiger partial charge in [-0.3, -0.25) is 14.7 Å². The Labute approximate surface area is 151 Å². The van der Waals surface area contributed by atoms with Gasteiger partial charge in [0.05, 0.1) is 11.4 Å². The molecule has 0 radical (unpaired) electrons. The molecule has 7 heteroatoms. The van der Waals surface area contributed by atoms with E-state index in [1.54, 1.807) is 29.2 Å². The summed E-state index contributed by atoms with van der Waals surface area (Å²) in [6, 6.07) is 11.6. The van der Waals surface area contributed by atoms with Gasteiger partial charge in [0.25, 0.3) is 5.91 Å². The van der Waals surface area contributed by atoms with Crippen LogP contribution in [0.4, 0.5) is 10.5 Å². The fraction of sp³-hybridized carbons (Fsp3) is 0.316. The summed E-state index contributed by atoms with van der Waals surface area (Å²) in [7, 11) is 0. The number of benzene rings is 1. The van der Waals surface area contributed by atoms with Gasteiger partial charge in [0, 0.05) is 31.9 Å². The molecule has 2 aliphatic heterocycles. The number of aryl methyl sites for hydroxylation is 1. The van der Waals surface area contributed by atoms with Gasteiger partial charge in [0.15, 0.2) is 0 Å². The number of piperazine rings is 1. The number of carbonyl (C=O) groups excluding carboxylic acids is 2. The molecule has 2 aromatic rings.